The van der Waals surface area contributed by atoms with Gasteiger partial charge in [0, 0.05) is 6.04 Å². The van der Waals surface area contributed by atoms with Crippen molar-refractivity contribution in [1.29, 1.82) is 0 Å². The van der Waals surface area contributed by atoms with Gasteiger partial charge in [-0.1, -0.05) is 23.1 Å². The molecule has 0 unspecified atom stereocenters. The number of nitrogens with one attached hydrogen (secondary N) is 2. The molecule has 1 aliphatic carbocycles. The van der Waals surface area contributed by atoms with E-state index >= 15 is 0 Å². The van der Waals surface area contributed by atoms with Crippen LogP contribution in [0.15, 0.2) is 36.7 Å². The molecular weight excluding hydrogens is 404 g/mol. The summed E-state index contributed by atoms with van der Waals surface area (Å²) in [6.45, 7) is 0.472. The van der Waals surface area contributed by atoms with Crippen molar-refractivity contribution in [2.45, 2.75) is 29.8 Å². The first-order valence-electron chi connectivity index (χ1n) is 8.43. The zero-order valence-electron chi connectivity index (χ0n) is 14.5. The van der Waals surface area contributed by atoms with Crippen LogP contribution in [0.2, 0.25) is 0 Å². The van der Waals surface area contributed by atoms with Crippen LogP contribution in [0.25, 0.3) is 0 Å². The van der Waals surface area contributed by atoms with E-state index in [1.165, 1.54) is 15.9 Å². The van der Waals surface area contributed by atoms with Gasteiger partial charge in [0.2, 0.25) is 5.13 Å². The van der Waals surface area contributed by atoms with E-state index in [0.29, 0.717) is 16.0 Å². The van der Waals surface area contributed by atoms with Gasteiger partial charge in [0.05, 0.1) is 18.6 Å². The third-order valence-corrected chi connectivity index (χ3v) is 6.11. The van der Waals surface area contributed by atoms with Gasteiger partial charge in [0.1, 0.15) is 17.1 Å². The van der Waals surface area contributed by atoms with Crippen LogP contribution in [-0.2, 0) is 6.54 Å². The summed E-state index contributed by atoms with van der Waals surface area (Å²) in [4.78, 5) is 38.7. The molecular formula is C16H16N6O4S2. The van der Waals surface area contributed by atoms with Gasteiger partial charge in [-0.05, 0) is 25.0 Å². The Morgan fingerprint density at radius 3 is 2.96 bits per heavy atom. The molecule has 0 aromatic carbocycles. The molecule has 3 aromatic heterocycles. The molecule has 3 aromatic rings. The monoisotopic (exact) mass is 420 g/mol. The minimum atomic E-state index is -0.761. The van der Waals surface area contributed by atoms with Crippen LogP contribution >= 0.6 is 23.1 Å². The maximum Gasteiger partial charge on any atom is 0.330 e. The Balaban J connectivity index is 1.42. The highest BCUT2D eigenvalue weighted by molar-refractivity contribution is 8.01. The predicted octanol–water partition coefficient (Wildman–Crippen LogP) is 1.49. The molecule has 4 N–H and O–H groups in total. The van der Waals surface area contributed by atoms with Crippen LogP contribution in [0.5, 0.6) is 0 Å². The lowest BCUT2D eigenvalue weighted by molar-refractivity contribution is 0.102. The fourth-order valence-electron chi connectivity index (χ4n) is 2.65. The van der Waals surface area contributed by atoms with Crippen molar-refractivity contribution in [3.63, 3.8) is 0 Å². The molecule has 1 fully saturated rings. The van der Waals surface area contributed by atoms with E-state index in [9.17, 15) is 14.4 Å². The van der Waals surface area contributed by atoms with Crippen molar-refractivity contribution in [2.75, 3.05) is 16.8 Å². The summed E-state index contributed by atoms with van der Waals surface area (Å²) in [5.74, 6) is 0.196. The largest absolute Gasteiger partial charge is 0.467 e. The van der Waals surface area contributed by atoms with Crippen molar-refractivity contribution < 1.29 is 9.21 Å². The second-order valence-corrected chi connectivity index (χ2v) is 8.34. The molecule has 1 saturated carbocycles. The number of furan rings is 1. The number of nitrogens with zero attached hydrogens (tertiary/aromatic N) is 3. The molecule has 0 radical (unpaired) electrons. The third kappa shape index (κ3) is 3.87. The molecule has 28 heavy (non-hydrogen) atoms. The number of aromatic amines is 1. The highest BCUT2D eigenvalue weighted by atomic mass is 32.2. The number of anilines is 2. The van der Waals surface area contributed by atoms with Crippen molar-refractivity contribution in [3.05, 3.63) is 50.6 Å². The summed E-state index contributed by atoms with van der Waals surface area (Å²) < 4.78 is 7.09. The summed E-state index contributed by atoms with van der Waals surface area (Å²) in [5.41, 5.74) is 4.43. The zero-order valence-corrected chi connectivity index (χ0v) is 16.1. The first kappa shape index (κ1) is 18.5. The summed E-state index contributed by atoms with van der Waals surface area (Å²) >= 11 is 2.44. The van der Waals surface area contributed by atoms with Gasteiger partial charge in [-0.25, -0.2) is 4.79 Å². The summed E-state index contributed by atoms with van der Waals surface area (Å²) in [5, 5.41) is 11.7. The molecule has 0 aliphatic heterocycles. The topological polar surface area (TPSA) is 149 Å². The molecule has 12 heteroatoms. The SMILES string of the molecule is Nc1c(C(=O)CSc2nnc(NCc3ccco3)s2)c(=O)[nH]c(=O)n1C1CC1. The van der Waals surface area contributed by atoms with E-state index in [1.807, 2.05) is 6.07 Å². The van der Waals surface area contributed by atoms with Gasteiger partial charge in [0.15, 0.2) is 10.1 Å². The molecule has 0 bridgehead atoms. The Morgan fingerprint density at radius 1 is 1.43 bits per heavy atom. The van der Waals surface area contributed by atoms with Gasteiger partial charge in [-0.3, -0.25) is 19.1 Å². The van der Waals surface area contributed by atoms with Crippen LogP contribution in [0.4, 0.5) is 10.9 Å². The van der Waals surface area contributed by atoms with Crippen LogP contribution in [0, 0.1) is 0 Å². The number of thioether (sulfide) groups is 1. The number of H-pyrrole nitrogens is 1. The molecule has 0 spiro atoms. The molecule has 0 amide bonds. The number of nitrogen functional groups attached to an aromatic ring is 1. The number of rotatable bonds is 8. The standard InChI is InChI=1S/C16H16N6O4S2/c17-12-11(13(24)19-15(25)22(12)8-3-4-8)10(23)7-27-16-21-20-14(28-16)18-6-9-2-1-5-26-9/h1-2,5,8H,3-4,6-7,17H2,(H,18,20)(H,19,24,25). The van der Waals surface area contributed by atoms with Gasteiger partial charge in [0.25, 0.3) is 5.56 Å². The lowest BCUT2D eigenvalue weighted by atomic mass is 10.2. The van der Waals surface area contributed by atoms with Crippen molar-refractivity contribution in [3.8, 4) is 0 Å². The van der Waals surface area contributed by atoms with Crippen molar-refractivity contribution in [2.24, 2.45) is 0 Å². The lowest BCUT2D eigenvalue weighted by Gasteiger charge is -2.10. The molecule has 1 aliphatic rings. The molecule has 0 atom stereocenters. The smallest absolute Gasteiger partial charge is 0.330 e. The number of hydrogen-bond acceptors (Lipinski definition) is 10. The Morgan fingerprint density at radius 2 is 2.25 bits per heavy atom. The first-order chi connectivity index (χ1) is 13.5. The minimum Gasteiger partial charge on any atom is -0.467 e. The summed E-state index contributed by atoms with van der Waals surface area (Å²) in [6, 6.07) is 3.59. The Labute approximate surface area is 166 Å². The average molecular weight is 420 g/mol. The van der Waals surface area contributed by atoms with E-state index in [2.05, 4.69) is 20.5 Å². The fourth-order valence-corrected chi connectivity index (χ4v) is 4.27. The van der Waals surface area contributed by atoms with E-state index in [-0.39, 0.29) is 23.2 Å². The number of aromatic nitrogens is 4. The number of nitrogens with two attached hydrogens (primary N) is 1. The molecule has 0 saturated heterocycles. The van der Waals surface area contributed by atoms with Crippen LogP contribution in [0.3, 0.4) is 0 Å². The lowest BCUT2D eigenvalue weighted by Crippen LogP contribution is -2.36. The number of hydrogen-bond donors (Lipinski definition) is 3. The Kier molecular flexibility index (Phi) is 5.05. The number of carbonyl (C=O) groups excluding carboxylic acids is 1. The van der Waals surface area contributed by atoms with Gasteiger partial charge in [-0.15, -0.1) is 10.2 Å². The second kappa shape index (κ2) is 7.64. The molecule has 146 valence electrons. The van der Waals surface area contributed by atoms with Crippen LogP contribution in [0.1, 0.15) is 35.0 Å². The fraction of sp³-hybridized carbons (Fsp3) is 0.312. The summed E-state index contributed by atoms with van der Waals surface area (Å²) in [6.07, 6.45) is 3.19. The average Bonchev–Trinajstić information content (AvgIpc) is 3.17. The molecule has 10 nitrogen and oxygen atoms in total. The van der Waals surface area contributed by atoms with Crippen molar-refractivity contribution in [1.82, 2.24) is 19.7 Å². The van der Waals surface area contributed by atoms with E-state index in [4.69, 9.17) is 10.2 Å². The van der Waals surface area contributed by atoms with E-state index < -0.39 is 17.0 Å². The second-order valence-electron chi connectivity index (χ2n) is 6.14. The van der Waals surface area contributed by atoms with Crippen LogP contribution in [-0.4, -0.2) is 31.3 Å². The normalized spacial score (nSPS) is 13.6. The summed E-state index contributed by atoms with van der Waals surface area (Å²) in [7, 11) is 0. The Bertz CT molecular complexity index is 1110. The maximum absolute atomic E-state index is 12.5. The van der Waals surface area contributed by atoms with E-state index in [0.717, 1.165) is 30.4 Å². The van der Waals surface area contributed by atoms with Gasteiger partial charge >= 0.3 is 5.69 Å². The third-order valence-electron chi connectivity index (χ3n) is 4.10. The zero-order chi connectivity index (χ0) is 19.7. The Hall–Kier alpha value is -2.86. The highest BCUT2D eigenvalue weighted by Crippen LogP contribution is 2.35. The minimum absolute atomic E-state index is 0.0387. The van der Waals surface area contributed by atoms with Gasteiger partial charge < -0.3 is 15.5 Å². The quantitative estimate of drug-likeness (QED) is 0.364. The first-order valence-corrected chi connectivity index (χ1v) is 10.2. The van der Waals surface area contributed by atoms with Crippen LogP contribution < -0.4 is 22.3 Å². The van der Waals surface area contributed by atoms with E-state index in [1.54, 1.807) is 12.3 Å². The van der Waals surface area contributed by atoms with Crippen molar-refractivity contribution >= 4 is 39.8 Å². The number of ketones is 1. The molecule has 3 heterocycles. The molecule has 4 rings (SSSR count). The van der Waals surface area contributed by atoms with Gasteiger partial charge in [-0.2, -0.15) is 0 Å². The predicted molar refractivity (Wildman–Crippen MR) is 105 cm³/mol. The number of carbonyl (C=O) groups is 1. The number of Topliss-reactive ketones (excluding diaryl/α,β-unsaturated/α-hetero) is 1. The maximum atomic E-state index is 12.5. The highest BCUT2D eigenvalue weighted by Gasteiger charge is 2.30.